The first-order valence-electron chi connectivity index (χ1n) is 42.5. The maximum absolute atomic E-state index is 14.4. The molecule has 712 valence electrons. The van der Waals surface area contributed by atoms with E-state index in [1.807, 2.05) is 0 Å². The number of aliphatic hydroxyl groups excluding tert-OH is 11. The summed E-state index contributed by atoms with van der Waals surface area (Å²) < 4.78 is 104. The molecule has 22 atom stereocenters. The number of Topliss-reactive ketones (excluding diaryl/α,β-unsaturated/α-hetero) is 5. The first kappa shape index (κ1) is 112. The van der Waals surface area contributed by atoms with E-state index < -0.39 is 227 Å². The molecule has 0 bridgehead atoms. The normalized spacial score (nSPS) is 28.7. The SMILES string of the molecule is C.CO.COP(=O)(O)O[C@H]1C[C@H](C)O[C@@H]1COP(=O)(O)O[C@@H]1C[C@@H](CO)N(C(=O)CC(=O)NC(COCCC(=O)CCCCCC(=O)CCCCO[C@@H]2OC(CO)[C@H](O)[C@H](O)C2C)(COCCC(=O)CCCCCC(=O)CCCCO[C@@H]2OC(CO)[C@H](O)[C@H](O)C2C)COCCC(=O)NCCCCC(=O)CCCCO[C@@H]2OC(CO)[C@H](O)[C@H](O)C2C)C1. The average Bonchev–Trinajstić information content (AvgIpc) is 1.59. The Morgan fingerprint density at radius 1 is 0.443 bits per heavy atom. The van der Waals surface area contributed by atoms with Crippen LogP contribution in [0.3, 0.4) is 0 Å². The minimum Gasteiger partial charge on any atom is -0.400 e. The summed E-state index contributed by atoms with van der Waals surface area (Å²) in [6, 6.07) is -1.02. The van der Waals surface area contributed by atoms with Crippen molar-refractivity contribution >= 4 is 62.3 Å². The van der Waals surface area contributed by atoms with Crippen LogP contribution in [0.5, 0.6) is 0 Å². The Bertz CT molecular complexity index is 2880. The highest BCUT2D eigenvalue weighted by atomic mass is 31.2. The second-order valence-corrected chi connectivity index (χ2v) is 34.8. The van der Waals surface area contributed by atoms with E-state index in [4.69, 9.17) is 66.0 Å². The fourth-order valence-corrected chi connectivity index (χ4v) is 16.1. The lowest BCUT2D eigenvalue weighted by molar-refractivity contribution is -0.282. The lowest BCUT2D eigenvalue weighted by Gasteiger charge is -2.40. The van der Waals surface area contributed by atoms with Crippen molar-refractivity contribution in [1.82, 2.24) is 15.5 Å². The largest absolute Gasteiger partial charge is 0.472 e. The van der Waals surface area contributed by atoms with Gasteiger partial charge in [-0.25, -0.2) is 9.13 Å². The van der Waals surface area contributed by atoms with E-state index in [1.54, 1.807) is 27.7 Å². The lowest BCUT2D eigenvalue weighted by atomic mass is 9.92. The van der Waals surface area contributed by atoms with E-state index >= 15 is 0 Å². The highest BCUT2D eigenvalue weighted by Crippen LogP contribution is 2.50. The van der Waals surface area contributed by atoms with E-state index in [-0.39, 0.29) is 140 Å². The zero-order chi connectivity index (χ0) is 89.7. The standard InChI is InChI=1S/C78H137N3O36P2.CH4O.CH4/c1-50-38-61(117-118(100,101)104-5)65(112-50)46-111-119(102,103)116-60-39-54(42-82)81(41-60)68(93)40-67(92)80-78(47-105-35-28-58(89)22-10-6-8-20-55(86)25-13-17-32-108-75-51(2)69(94)72(97)62(43-83)113-75,48-106-36-29-59(90)23-11-7-9-21-56(87)26-14-18-33-109-76-52(3)70(95)73(98)63(44-84)114-76)49-107-37-30-66(91)79-31-16-12-24-57(88)27-15-19-34-110-77-53(4)71(96)74(99)64(45-85)115-77;1-2;/h50-54,60-65,69-77,82-85,94-99H,6-49H2,1-5H3,(H,79,91)(H,80,92)(H,100,101)(H,102,103);2H,1H3;1H4/t50-,51?,52?,53?,54-,60+,61-,62?,63?,64?,65+,69+,70+,71+,72-,73-,74-,75+,76+,77+,78?;;/m0../s1. The summed E-state index contributed by atoms with van der Waals surface area (Å²) in [7, 11) is -7.53. The van der Waals surface area contributed by atoms with E-state index in [2.05, 4.69) is 15.2 Å². The molecule has 8 unspecified atom stereocenters. The number of nitrogens with zero attached hydrogens (tertiary/aromatic N) is 1. The van der Waals surface area contributed by atoms with Gasteiger partial charge in [-0.3, -0.25) is 56.5 Å². The van der Waals surface area contributed by atoms with Gasteiger partial charge in [0.1, 0.15) is 89.7 Å². The van der Waals surface area contributed by atoms with Crippen LogP contribution < -0.4 is 10.6 Å². The van der Waals surface area contributed by atoms with Gasteiger partial charge in [-0.05, 0) is 90.4 Å². The van der Waals surface area contributed by atoms with Crippen LogP contribution >= 0.6 is 15.6 Å². The molecule has 5 aliphatic heterocycles. The Morgan fingerprint density at radius 2 is 0.820 bits per heavy atom. The van der Waals surface area contributed by atoms with Gasteiger partial charge < -0.3 is 129 Å². The summed E-state index contributed by atoms with van der Waals surface area (Å²) >= 11 is 0. The number of unbranched alkanes of at least 4 members (excludes halogenated alkanes) is 8. The average molecular weight is 1800 g/mol. The summed E-state index contributed by atoms with van der Waals surface area (Å²) in [5, 5.41) is 113. The number of aliphatic hydroxyl groups is 11. The topological polar surface area (TPSA) is 590 Å². The number of likely N-dealkylation sites (tertiary alicyclic amines) is 1. The lowest BCUT2D eigenvalue weighted by Crippen LogP contribution is -2.59. The molecule has 0 aromatic heterocycles. The van der Waals surface area contributed by atoms with Crippen molar-refractivity contribution in [2.24, 2.45) is 17.8 Å². The number of ketones is 5. The molecule has 0 spiro atoms. The summed E-state index contributed by atoms with van der Waals surface area (Å²) in [6.07, 6.45) is -8.56. The van der Waals surface area contributed by atoms with Crippen molar-refractivity contribution in [2.45, 2.75) is 325 Å². The van der Waals surface area contributed by atoms with Crippen LogP contribution in [0.25, 0.3) is 0 Å². The van der Waals surface area contributed by atoms with Crippen molar-refractivity contribution < 1.29 is 179 Å². The number of rotatable bonds is 65. The van der Waals surface area contributed by atoms with Gasteiger partial charge >= 0.3 is 15.6 Å². The second kappa shape index (κ2) is 60.9. The first-order chi connectivity index (χ1) is 57.7. The Morgan fingerprint density at radius 3 is 1.20 bits per heavy atom. The molecule has 40 nitrogen and oxygen atoms in total. The molecular weight excluding hydrogens is 1660 g/mol. The molecule has 5 aliphatic rings. The zero-order valence-corrected chi connectivity index (χ0v) is 72.9. The number of nitrogens with one attached hydrogen (secondary N) is 2. The predicted molar refractivity (Wildman–Crippen MR) is 433 cm³/mol. The van der Waals surface area contributed by atoms with E-state index in [1.165, 1.54) is 0 Å². The summed E-state index contributed by atoms with van der Waals surface area (Å²) in [4.78, 5) is 128. The number of carbonyl (C=O) groups is 8. The van der Waals surface area contributed by atoms with E-state index in [0.29, 0.717) is 116 Å². The Balaban J connectivity index is 0.0000127. The number of hydrogen-bond acceptors (Lipinski definition) is 35. The third-order valence-electron chi connectivity index (χ3n) is 21.8. The summed E-state index contributed by atoms with van der Waals surface area (Å²) in [5.41, 5.74) is -1.70. The number of phosphoric ester groups is 2. The molecule has 122 heavy (non-hydrogen) atoms. The molecule has 5 saturated heterocycles. The molecule has 3 amide bonds. The molecule has 5 rings (SSSR count). The maximum Gasteiger partial charge on any atom is 0.472 e. The van der Waals surface area contributed by atoms with Gasteiger partial charge in [0.05, 0.1) is 109 Å². The van der Waals surface area contributed by atoms with Gasteiger partial charge in [0.25, 0.3) is 0 Å². The maximum atomic E-state index is 14.4. The van der Waals surface area contributed by atoms with Crippen molar-refractivity contribution in [3.05, 3.63) is 0 Å². The van der Waals surface area contributed by atoms with Gasteiger partial charge in [0.15, 0.2) is 18.9 Å². The van der Waals surface area contributed by atoms with Crippen LogP contribution in [-0.2, 0) is 113 Å². The third-order valence-corrected chi connectivity index (χ3v) is 23.9. The number of ether oxygens (including phenoxy) is 10. The van der Waals surface area contributed by atoms with Crippen LogP contribution in [0.15, 0.2) is 0 Å². The van der Waals surface area contributed by atoms with Gasteiger partial charge in [0.2, 0.25) is 17.7 Å². The molecule has 0 radical (unpaired) electrons. The molecule has 0 aromatic carbocycles. The van der Waals surface area contributed by atoms with Gasteiger partial charge in [-0.15, -0.1) is 0 Å². The van der Waals surface area contributed by atoms with Crippen LogP contribution in [-0.4, -0.2) is 347 Å². The number of carbonyl (C=O) groups excluding carboxylic acids is 8. The second-order valence-electron chi connectivity index (χ2n) is 31.8. The summed E-state index contributed by atoms with van der Waals surface area (Å²) in [6.45, 7) is 2.51. The van der Waals surface area contributed by atoms with E-state index in [9.17, 15) is 108 Å². The number of hydrogen-bond donors (Lipinski definition) is 15. The quantitative estimate of drug-likeness (QED) is 0.0235. The molecular formula is C80H145N3O37P2. The smallest absolute Gasteiger partial charge is 0.400 e. The van der Waals surface area contributed by atoms with Crippen LogP contribution in [0.4, 0.5) is 0 Å². The third kappa shape index (κ3) is 41.7. The molecule has 0 saturated carbocycles. The van der Waals surface area contributed by atoms with Gasteiger partial charge in [-0.1, -0.05) is 41.0 Å². The number of amides is 3. The van der Waals surface area contributed by atoms with Crippen molar-refractivity contribution in [3.63, 3.8) is 0 Å². The van der Waals surface area contributed by atoms with Crippen LogP contribution in [0, 0.1) is 17.8 Å². The zero-order valence-electron chi connectivity index (χ0n) is 71.1. The van der Waals surface area contributed by atoms with Crippen molar-refractivity contribution in [3.8, 4) is 0 Å². The van der Waals surface area contributed by atoms with E-state index in [0.717, 1.165) is 19.1 Å². The Hall–Kier alpha value is -3.86. The highest BCUT2D eigenvalue weighted by Gasteiger charge is 2.48. The molecule has 5 fully saturated rings. The fourth-order valence-electron chi connectivity index (χ4n) is 14.5. The number of phosphoric acid groups is 2. The van der Waals surface area contributed by atoms with Crippen molar-refractivity contribution in [2.75, 3.05) is 120 Å². The summed E-state index contributed by atoms with van der Waals surface area (Å²) in [5.74, 6) is -4.10. The Kier molecular flexibility index (Phi) is 56.0. The van der Waals surface area contributed by atoms with Crippen molar-refractivity contribution in [1.29, 1.82) is 0 Å². The van der Waals surface area contributed by atoms with Crippen LogP contribution in [0.2, 0.25) is 0 Å². The van der Waals surface area contributed by atoms with Gasteiger partial charge in [0, 0.05) is 142 Å². The highest BCUT2D eigenvalue weighted by molar-refractivity contribution is 7.47. The molecule has 42 heteroatoms. The minimum atomic E-state index is -4.98. The molecule has 0 aliphatic carbocycles. The van der Waals surface area contributed by atoms with Gasteiger partial charge in [-0.2, -0.15) is 0 Å². The first-order valence-corrected chi connectivity index (χ1v) is 45.5. The molecule has 15 N–H and O–H groups in total. The Labute approximate surface area is 716 Å². The predicted octanol–water partition coefficient (Wildman–Crippen LogP) is 1.92. The van der Waals surface area contributed by atoms with Crippen LogP contribution in [0.1, 0.15) is 215 Å². The minimum absolute atomic E-state index is 0. The monoisotopic (exact) mass is 1800 g/mol. The fraction of sp³-hybridized carbons (Fsp3) is 0.900. The molecule has 5 heterocycles. The molecule has 0 aromatic rings.